The van der Waals surface area contributed by atoms with E-state index in [1.807, 2.05) is 11.8 Å². The summed E-state index contributed by atoms with van der Waals surface area (Å²) < 4.78 is 0. The molecule has 0 unspecified atom stereocenters. The number of aromatic nitrogens is 2. The van der Waals surface area contributed by atoms with E-state index < -0.39 is 0 Å². The Kier molecular flexibility index (Phi) is 4.36. The van der Waals surface area contributed by atoms with E-state index in [9.17, 15) is 4.79 Å². The average molecular weight is 304 g/mol. The topological polar surface area (TPSA) is 52.2 Å². The van der Waals surface area contributed by atoms with Gasteiger partial charge in [0.15, 0.2) is 0 Å². The Balaban J connectivity index is 1.60. The number of aryl methyl sites for hydroxylation is 1. The molecule has 1 aliphatic heterocycles. The lowest BCUT2D eigenvalue weighted by atomic mass is 10.2. The lowest BCUT2D eigenvalue weighted by Crippen LogP contribution is -2.35. The van der Waals surface area contributed by atoms with Gasteiger partial charge in [0.05, 0.1) is 11.8 Å². The summed E-state index contributed by atoms with van der Waals surface area (Å²) in [4.78, 5) is 18.3. The molecule has 0 bridgehead atoms. The van der Waals surface area contributed by atoms with Gasteiger partial charge in [0.25, 0.3) is 5.91 Å². The Bertz CT molecular complexity index is 593. The number of thiophene rings is 1. The number of carbonyl (C=O) groups is 1. The number of nitrogens with one attached hydrogen (secondary N) is 1. The molecule has 21 heavy (non-hydrogen) atoms. The Labute approximate surface area is 128 Å². The summed E-state index contributed by atoms with van der Waals surface area (Å²) >= 11 is 1.80. The zero-order chi connectivity index (χ0) is 14.7. The minimum Gasteiger partial charge on any atom is -0.337 e. The van der Waals surface area contributed by atoms with Crippen LogP contribution < -0.4 is 0 Å². The first-order valence-electron chi connectivity index (χ1n) is 7.28. The molecule has 3 heterocycles. The van der Waals surface area contributed by atoms with Gasteiger partial charge in [-0.3, -0.25) is 14.8 Å². The van der Waals surface area contributed by atoms with Crippen LogP contribution in [0.1, 0.15) is 27.3 Å². The van der Waals surface area contributed by atoms with Crippen molar-refractivity contribution in [2.45, 2.75) is 19.9 Å². The quantitative estimate of drug-likeness (QED) is 0.945. The first-order chi connectivity index (χ1) is 10.2. The zero-order valence-electron chi connectivity index (χ0n) is 12.2. The number of hydrogen-bond acceptors (Lipinski definition) is 4. The highest BCUT2D eigenvalue weighted by atomic mass is 32.1. The summed E-state index contributed by atoms with van der Waals surface area (Å²) in [5, 5.41) is 8.90. The number of carbonyl (C=O) groups excluding carboxylic acids is 1. The van der Waals surface area contributed by atoms with Crippen LogP contribution in [-0.2, 0) is 6.54 Å². The second-order valence-electron chi connectivity index (χ2n) is 5.41. The van der Waals surface area contributed by atoms with Crippen LogP contribution in [0.5, 0.6) is 0 Å². The van der Waals surface area contributed by atoms with E-state index in [1.54, 1.807) is 17.5 Å². The van der Waals surface area contributed by atoms with Crippen molar-refractivity contribution < 1.29 is 4.79 Å². The van der Waals surface area contributed by atoms with Crippen molar-refractivity contribution in [1.82, 2.24) is 20.0 Å². The summed E-state index contributed by atoms with van der Waals surface area (Å²) in [6.45, 7) is 6.47. The number of nitrogens with zero attached hydrogens (tertiary/aromatic N) is 3. The Morgan fingerprint density at radius 2 is 2.29 bits per heavy atom. The van der Waals surface area contributed by atoms with Crippen LogP contribution in [-0.4, -0.2) is 52.1 Å². The lowest BCUT2D eigenvalue weighted by Gasteiger charge is -2.21. The molecular formula is C15H20N4OS. The third-order valence-corrected chi connectivity index (χ3v) is 4.76. The van der Waals surface area contributed by atoms with E-state index >= 15 is 0 Å². The second kappa shape index (κ2) is 6.41. The van der Waals surface area contributed by atoms with Crippen LogP contribution in [0.25, 0.3) is 0 Å². The molecule has 0 aromatic carbocycles. The molecule has 1 N–H and O–H groups in total. The molecule has 2 aromatic rings. The molecule has 2 aromatic heterocycles. The van der Waals surface area contributed by atoms with E-state index in [0.29, 0.717) is 5.56 Å². The van der Waals surface area contributed by atoms with E-state index in [4.69, 9.17) is 0 Å². The predicted octanol–water partition coefficient (Wildman–Crippen LogP) is 2.13. The summed E-state index contributed by atoms with van der Waals surface area (Å²) in [5.41, 5.74) is 1.54. The predicted molar refractivity (Wildman–Crippen MR) is 83.4 cm³/mol. The van der Waals surface area contributed by atoms with Gasteiger partial charge in [0, 0.05) is 43.3 Å². The normalized spacial score (nSPS) is 16.9. The van der Waals surface area contributed by atoms with Crippen molar-refractivity contribution in [2.24, 2.45) is 0 Å². The molecule has 0 aliphatic carbocycles. The lowest BCUT2D eigenvalue weighted by molar-refractivity contribution is 0.0760. The van der Waals surface area contributed by atoms with Crippen LogP contribution in [0.4, 0.5) is 0 Å². The largest absolute Gasteiger partial charge is 0.337 e. The molecule has 3 rings (SSSR count). The van der Waals surface area contributed by atoms with Crippen molar-refractivity contribution in [1.29, 1.82) is 0 Å². The van der Waals surface area contributed by atoms with E-state index in [1.165, 1.54) is 4.88 Å². The van der Waals surface area contributed by atoms with Crippen LogP contribution in [0.15, 0.2) is 23.7 Å². The fraction of sp³-hybridized carbons (Fsp3) is 0.467. The first kappa shape index (κ1) is 14.3. The van der Waals surface area contributed by atoms with Crippen LogP contribution in [0, 0.1) is 6.92 Å². The molecule has 1 fully saturated rings. The highest BCUT2D eigenvalue weighted by molar-refractivity contribution is 7.09. The van der Waals surface area contributed by atoms with Gasteiger partial charge in [0.2, 0.25) is 0 Å². The number of aromatic amines is 1. The van der Waals surface area contributed by atoms with Gasteiger partial charge in [-0.05, 0) is 24.8 Å². The smallest absolute Gasteiger partial charge is 0.257 e. The van der Waals surface area contributed by atoms with Crippen LogP contribution in [0.3, 0.4) is 0 Å². The SMILES string of the molecule is Cc1[nH]ncc1C(=O)N1CCCN(Cc2cccs2)CC1. The second-order valence-corrected chi connectivity index (χ2v) is 6.44. The van der Waals surface area contributed by atoms with Gasteiger partial charge in [-0.2, -0.15) is 5.10 Å². The molecule has 5 nitrogen and oxygen atoms in total. The average Bonchev–Trinajstić information content (AvgIpc) is 3.07. The summed E-state index contributed by atoms with van der Waals surface area (Å²) in [6, 6.07) is 4.27. The standard InChI is InChI=1S/C15H20N4OS/c1-12-14(10-16-17-12)15(20)19-6-3-5-18(7-8-19)11-13-4-2-9-21-13/h2,4,9-10H,3,5-8,11H2,1H3,(H,16,17). The number of amides is 1. The Morgan fingerprint density at radius 1 is 1.38 bits per heavy atom. The van der Waals surface area contributed by atoms with E-state index in [0.717, 1.165) is 44.8 Å². The van der Waals surface area contributed by atoms with Crippen molar-refractivity contribution in [2.75, 3.05) is 26.2 Å². The van der Waals surface area contributed by atoms with Crippen molar-refractivity contribution in [3.05, 3.63) is 39.8 Å². The van der Waals surface area contributed by atoms with Crippen LogP contribution >= 0.6 is 11.3 Å². The molecule has 0 radical (unpaired) electrons. The van der Waals surface area contributed by atoms with Gasteiger partial charge < -0.3 is 4.90 Å². The minimum absolute atomic E-state index is 0.0965. The molecule has 0 spiro atoms. The number of hydrogen-bond donors (Lipinski definition) is 1. The van der Waals surface area contributed by atoms with Gasteiger partial charge in [0.1, 0.15) is 0 Å². The van der Waals surface area contributed by atoms with Crippen molar-refractivity contribution in [3.8, 4) is 0 Å². The van der Waals surface area contributed by atoms with E-state index in [2.05, 4.69) is 32.6 Å². The van der Waals surface area contributed by atoms with Gasteiger partial charge >= 0.3 is 0 Å². The molecule has 0 atom stereocenters. The molecule has 1 aliphatic rings. The monoisotopic (exact) mass is 304 g/mol. The maximum absolute atomic E-state index is 12.5. The number of rotatable bonds is 3. The molecule has 1 saturated heterocycles. The fourth-order valence-electron chi connectivity index (χ4n) is 2.69. The third-order valence-electron chi connectivity index (χ3n) is 3.90. The summed E-state index contributed by atoms with van der Waals surface area (Å²) in [7, 11) is 0. The first-order valence-corrected chi connectivity index (χ1v) is 8.16. The molecule has 112 valence electrons. The Morgan fingerprint density at radius 3 is 3.00 bits per heavy atom. The van der Waals surface area contributed by atoms with E-state index in [-0.39, 0.29) is 5.91 Å². The van der Waals surface area contributed by atoms with Crippen molar-refractivity contribution in [3.63, 3.8) is 0 Å². The van der Waals surface area contributed by atoms with Gasteiger partial charge in [-0.15, -0.1) is 11.3 Å². The summed E-state index contributed by atoms with van der Waals surface area (Å²) in [5.74, 6) is 0.0965. The molecule has 1 amide bonds. The fourth-order valence-corrected chi connectivity index (χ4v) is 3.44. The summed E-state index contributed by atoms with van der Waals surface area (Å²) in [6.07, 6.45) is 2.65. The molecule has 0 saturated carbocycles. The maximum Gasteiger partial charge on any atom is 0.257 e. The van der Waals surface area contributed by atoms with Crippen LogP contribution in [0.2, 0.25) is 0 Å². The Hall–Kier alpha value is -1.66. The van der Waals surface area contributed by atoms with Gasteiger partial charge in [-0.1, -0.05) is 6.07 Å². The van der Waals surface area contributed by atoms with Gasteiger partial charge in [-0.25, -0.2) is 0 Å². The maximum atomic E-state index is 12.5. The molecule has 6 heteroatoms. The zero-order valence-corrected chi connectivity index (χ0v) is 13.0. The highest BCUT2D eigenvalue weighted by Crippen LogP contribution is 2.15. The number of H-pyrrole nitrogens is 1. The third kappa shape index (κ3) is 3.33. The minimum atomic E-state index is 0.0965. The molecular weight excluding hydrogens is 284 g/mol. The highest BCUT2D eigenvalue weighted by Gasteiger charge is 2.22. The van der Waals surface area contributed by atoms with Crippen molar-refractivity contribution >= 4 is 17.2 Å².